The molecule has 0 bridgehead atoms. The fourth-order valence-electron chi connectivity index (χ4n) is 2.11. The van der Waals surface area contributed by atoms with Gasteiger partial charge in [0.1, 0.15) is 5.75 Å². The van der Waals surface area contributed by atoms with E-state index in [0.717, 1.165) is 13.0 Å². The number of nitrogens with one attached hydrogen (secondary N) is 1. The fraction of sp³-hybridized carbons (Fsp3) is 0.429. The smallest absolute Gasteiger partial charge is 0.251 e. The first-order chi connectivity index (χ1) is 9.17. The lowest BCUT2D eigenvalue weighted by Gasteiger charge is -2.15. The summed E-state index contributed by atoms with van der Waals surface area (Å²) in [4.78, 5) is 25.4. The zero-order valence-corrected chi connectivity index (χ0v) is 11.2. The van der Waals surface area contributed by atoms with Crippen molar-refractivity contribution >= 4 is 17.5 Å². The number of hydrogen-bond donors (Lipinski definition) is 1. The molecular weight excluding hydrogens is 244 g/mol. The lowest BCUT2D eigenvalue weighted by molar-refractivity contribution is -0.121. The number of carbonyl (C=O) groups excluding carboxylic acids is 2. The Morgan fingerprint density at radius 3 is 2.58 bits per heavy atom. The summed E-state index contributed by atoms with van der Waals surface area (Å²) in [7, 11) is 1.58. The lowest BCUT2D eigenvalue weighted by Crippen LogP contribution is -2.39. The molecule has 1 aliphatic rings. The second-order valence-electron chi connectivity index (χ2n) is 4.48. The lowest BCUT2D eigenvalue weighted by atomic mass is 10.2. The van der Waals surface area contributed by atoms with Gasteiger partial charge in [-0.3, -0.25) is 9.59 Å². The molecule has 0 aromatic heterocycles. The first-order valence-electron chi connectivity index (χ1n) is 6.41. The van der Waals surface area contributed by atoms with Gasteiger partial charge < -0.3 is 10.1 Å². The number of ether oxygens (including phenoxy) is 1. The molecule has 5 heteroatoms. The third-order valence-corrected chi connectivity index (χ3v) is 3.12. The van der Waals surface area contributed by atoms with E-state index in [0.29, 0.717) is 11.4 Å². The number of imide groups is 1. The van der Waals surface area contributed by atoms with Gasteiger partial charge in [-0.05, 0) is 37.2 Å². The van der Waals surface area contributed by atoms with Crippen LogP contribution < -0.4 is 15.0 Å². The Kier molecular flexibility index (Phi) is 4.16. The van der Waals surface area contributed by atoms with Crippen molar-refractivity contribution in [1.29, 1.82) is 0 Å². The summed E-state index contributed by atoms with van der Waals surface area (Å²) < 4.78 is 5.06. The van der Waals surface area contributed by atoms with Crippen LogP contribution in [0.4, 0.5) is 5.69 Å². The molecule has 0 aliphatic carbocycles. The normalized spacial score (nSPS) is 19.1. The largest absolute Gasteiger partial charge is 0.497 e. The predicted molar refractivity (Wildman–Crippen MR) is 72.2 cm³/mol. The Morgan fingerprint density at radius 2 is 2.00 bits per heavy atom. The molecule has 1 aromatic rings. The van der Waals surface area contributed by atoms with Crippen molar-refractivity contribution in [2.24, 2.45) is 0 Å². The highest BCUT2D eigenvalue weighted by molar-refractivity contribution is 6.22. The summed E-state index contributed by atoms with van der Waals surface area (Å²) in [6.07, 6.45) is 1.16. The van der Waals surface area contributed by atoms with Crippen LogP contribution >= 0.6 is 0 Å². The van der Waals surface area contributed by atoms with Gasteiger partial charge in [0, 0.05) is 0 Å². The van der Waals surface area contributed by atoms with Crippen LogP contribution in [0.2, 0.25) is 0 Å². The molecule has 2 amide bonds. The number of hydrogen-bond acceptors (Lipinski definition) is 4. The average Bonchev–Trinajstić information content (AvgIpc) is 2.71. The average molecular weight is 262 g/mol. The number of carbonyl (C=O) groups is 2. The number of anilines is 1. The molecule has 0 saturated carbocycles. The minimum atomic E-state index is -0.394. The van der Waals surface area contributed by atoms with E-state index in [-0.39, 0.29) is 18.2 Å². The van der Waals surface area contributed by atoms with E-state index >= 15 is 0 Å². The van der Waals surface area contributed by atoms with Gasteiger partial charge in [-0.2, -0.15) is 0 Å². The van der Waals surface area contributed by atoms with Gasteiger partial charge in [0.25, 0.3) is 5.91 Å². The maximum absolute atomic E-state index is 12.2. The molecule has 0 spiro atoms. The number of methoxy groups -OCH3 is 1. The highest BCUT2D eigenvalue weighted by Crippen LogP contribution is 2.25. The van der Waals surface area contributed by atoms with Crippen molar-refractivity contribution < 1.29 is 14.3 Å². The molecule has 5 nitrogen and oxygen atoms in total. The molecule has 1 N–H and O–H groups in total. The zero-order valence-electron chi connectivity index (χ0n) is 11.2. The van der Waals surface area contributed by atoms with Crippen molar-refractivity contribution in [2.75, 3.05) is 18.6 Å². The topological polar surface area (TPSA) is 58.6 Å². The van der Waals surface area contributed by atoms with Gasteiger partial charge in [0.2, 0.25) is 5.91 Å². The first kappa shape index (κ1) is 13.5. The van der Waals surface area contributed by atoms with Crippen LogP contribution in [0.5, 0.6) is 5.75 Å². The Labute approximate surface area is 112 Å². The van der Waals surface area contributed by atoms with Crippen LogP contribution in [0.25, 0.3) is 0 Å². The number of nitrogens with zero attached hydrogens (tertiary/aromatic N) is 1. The van der Waals surface area contributed by atoms with Gasteiger partial charge in [-0.25, -0.2) is 4.90 Å². The molecule has 1 fully saturated rings. The first-order valence-corrected chi connectivity index (χ1v) is 6.41. The summed E-state index contributed by atoms with van der Waals surface area (Å²) in [6.45, 7) is 2.76. The van der Waals surface area contributed by atoms with Crippen molar-refractivity contribution in [3.8, 4) is 5.75 Å². The Morgan fingerprint density at radius 1 is 1.32 bits per heavy atom. The summed E-state index contributed by atoms with van der Waals surface area (Å²) in [6, 6.07) is 6.52. The minimum absolute atomic E-state index is 0.163. The quantitative estimate of drug-likeness (QED) is 0.813. The standard InChI is InChI=1S/C14H18N2O3/c1-3-8-15-12-9-13(17)16(14(12)18)10-4-6-11(19-2)7-5-10/h4-7,12,15H,3,8-9H2,1-2H3/t12-/m0/s1. The summed E-state index contributed by atoms with van der Waals surface area (Å²) in [5.74, 6) is 0.357. The van der Waals surface area contributed by atoms with Gasteiger partial charge in [0.15, 0.2) is 0 Å². The third kappa shape index (κ3) is 2.76. The second-order valence-corrected chi connectivity index (χ2v) is 4.48. The maximum atomic E-state index is 12.2. The van der Waals surface area contributed by atoms with Crippen molar-refractivity contribution in [1.82, 2.24) is 5.32 Å². The Balaban J connectivity index is 2.14. The van der Waals surface area contributed by atoms with E-state index in [2.05, 4.69) is 5.32 Å². The maximum Gasteiger partial charge on any atom is 0.251 e. The molecule has 2 rings (SSSR count). The molecule has 1 atom stereocenters. The summed E-state index contributed by atoms with van der Waals surface area (Å²) in [5.41, 5.74) is 0.594. The SMILES string of the molecule is CCCN[C@H]1CC(=O)N(c2ccc(OC)cc2)C1=O. The van der Waals surface area contributed by atoms with Crippen molar-refractivity contribution in [3.63, 3.8) is 0 Å². The second kappa shape index (κ2) is 5.84. The van der Waals surface area contributed by atoms with E-state index in [1.165, 1.54) is 4.90 Å². The molecule has 1 aromatic carbocycles. The molecule has 0 unspecified atom stereocenters. The van der Waals surface area contributed by atoms with Crippen LogP contribution in [-0.2, 0) is 9.59 Å². The van der Waals surface area contributed by atoms with Crippen LogP contribution in [0.1, 0.15) is 19.8 Å². The van der Waals surface area contributed by atoms with Crippen LogP contribution in [0.3, 0.4) is 0 Å². The molecule has 1 aliphatic heterocycles. The van der Waals surface area contributed by atoms with E-state index in [1.54, 1.807) is 31.4 Å². The van der Waals surface area contributed by atoms with E-state index < -0.39 is 6.04 Å². The third-order valence-electron chi connectivity index (χ3n) is 3.12. The summed E-state index contributed by atoms with van der Waals surface area (Å²) in [5, 5.41) is 3.10. The fourth-order valence-corrected chi connectivity index (χ4v) is 2.11. The van der Waals surface area contributed by atoms with Gasteiger partial charge in [-0.15, -0.1) is 0 Å². The van der Waals surface area contributed by atoms with E-state index in [1.807, 2.05) is 6.92 Å². The van der Waals surface area contributed by atoms with Crippen molar-refractivity contribution in [3.05, 3.63) is 24.3 Å². The van der Waals surface area contributed by atoms with Gasteiger partial charge >= 0.3 is 0 Å². The van der Waals surface area contributed by atoms with Crippen LogP contribution in [0, 0.1) is 0 Å². The Bertz CT molecular complexity index is 470. The molecular formula is C14H18N2O3. The molecule has 1 saturated heterocycles. The molecule has 1 heterocycles. The highest BCUT2D eigenvalue weighted by Gasteiger charge is 2.38. The Hall–Kier alpha value is -1.88. The predicted octanol–water partition coefficient (Wildman–Crippen LogP) is 1.33. The van der Waals surface area contributed by atoms with Gasteiger partial charge in [-0.1, -0.05) is 6.92 Å². The summed E-state index contributed by atoms with van der Waals surface area (Å²) >= 11 is 0. The van der Waals surface area contributed by atoms with Crippen LogP contribution in [-0.4, -0.2) is 31.5 Å². The minimum Gasteiger partial charge on any atom is -0.497 e. The zero-order chi connectivity index (χ0) is 13.8. The van der Waals surface area contributed by atoms with Crippen molar-refractivity contribution in [2.45, 2.75) is 25.8 Å². The number of rotatable bonds is 5. The molecule has 102 valence electrons. The monoisotopic (exact) mass is 262 g/mol. The van der Waals surface area contributed by atoms with E-state index in [4.69, 9.17) is 4.74 Å². The van der Waals surface area contributed by atoms with Gasteiger partial charge in [0.05, 0.1) is 25.3 Å². The van der Waals surface area contributed by atoms with Crippen LogP contribution in [0.15, 0.2) is 24.3 Å². The highest BCUT2D eigenvalue weighted by atomic mass is 16.5. The molecule has 0 radical (unpaired) electrons. The van der Waals surface area contributed by atoms with E-state index in [9.17, 15) is 9.59 Å². The number of amides is 2. The molecule has 19 heavy (non-hydrogen) atoms. The number of benzene rings is 1.